The van der Waals surface area contributed by atoms with Crippen LogP contribution in [0.4, 0.5) is 0 Å². The van der Waals surface area contributed by atoms with E-state index in [1.807, 2.05) is 0 Å². The Morgan fingerprint density at radius 1 is 1.17 bits per heavy atom. The molecule has 0 aromatic rings. The molecular formula is C18H30N2O3. The number of unbranched alkanes of at least 4 members (excludes halogenated alkanes) is 2. The third-order valence-electron chi connectivity index (χ3n) is 4.52. The second-order valence-corrected chi connectivity index (χ2v) is 6.43. The molecule has 5 heteroatoms. The number of carbonyl (C=O) groups excluding carboxylic acids is 3. The normalized spacial score (nSPS) is 21.1. The molecule has 0 heterocycles. The molecule has 1 saturated carbocycles. The molecule has 0 saturated heterocycles. The maximum Gasteiger partial charge on any atom is 0.246 e. The first kappa shape index (κ1) is 19.4. The van der Waals surface area contributed by atoms with Gasteiger partial charge in [-0.25, -0.2) is 0 Å². The number of aldehydes is 1. The molecule has 1 fully saturated rings. The minimum atomic E-state index is -0.145. The Hall–Kier alpha value is -1.65. The molecule has 2 amide bonds. The summed E-state index contributed by atoms with van der Waals surface area (Å²) in [6.07, 6.45) is 10.2. The first-order chi connectivity index (χ1) is 11.1. The number of nitrogens with one attached hydrogen (secondary N) is 1. The molecule has 130 valence electrons. The largest absolute Gasteiger partial charge is 0.356 e. The standard InChI is InChI=1S/C18H30N2O3/c1-3-4-5-12-19-18(23)16-10-8-15(9-11-16)14-20(2)17(22)7-6-13-21/h6-7,13,15-16H,3-5,8-12,14H2,1-2H3,(H,19,23)/b7-6-. The van der Waals surface area contributed by atoms with Gasteiger partial charge in [0.25, 0.3) is 0 Å². The van der Waals surface area contributed by atoms with Crippen LogP contribution in [0, 0.1) is 11.8 Å². The fourth-order valence-electron chi connectivity index (χ4n) is 3.06. The Balaban J connectivity index is 2.26. The van der Waals surface area contributed by atoms with Crippen molar-refractivity contribution in [3.05, 3.63) is 12.2 Å². The van der Waals surface area contributed by atoms with Gasteiger partial charge in [-0.2, -0.15) is 0 Å². The van der Waals surface area contributed by atoms with Gasteiger partial charge >= 0.3 is 0 Å². The van der Waals surface area contributed by atoms with E-state index >= 15 is 0 Å². The van der Waals surface area contributed by atoms with Gasteiger partial charge < -0.3 is 10.2 Å². The molecule has 1 aliphatic rings. The van der Waals surface area contributed by atoms with Crippen molar-refractivity contribution >= 4 is 18.1 Å². The Kier molecular flexibility index (Phi) is 9.25. The maximum atomic E-state index is 12.1. The van der Waals surface area contributed by atoms with Crippen LogP contribution in [-0.4, -0.2) is 43.1 Å². The van der Waals surface area contributed by atoms with Crippen molar-refractivity contribution in [2.24, 2.45) is 11.8 Å². The zero-order valence-corrected chi connectivity index (χ0v) is 14.4. The molecule has 1 aliphatic carbocycles. The summed E-state index contributed by atoms with van der Waals surface area (Å²) >= 11 is 0. The van der Waals surface area contributed by atoms with E-state index in [4.69, 9.17) is 0 Å². The number of rotatable bonds is 9. The molecule has 5 nitrogen and oxygen atoms in total. The number of amides is 2. The molecule has 0 radical (unpaired) electrons. The van der Waals surface area contributed by atoms with Gasteiger partial charge in [0.2, 0.25) is 11.8 Å². The summed E-state index contributed by atoms with van der Waals surface area (Å²) in [5.74, 6) is 0.618. The number of nitrogens with zero attached hydrogens (tertiary/aromatic N) is 1. The number of allylic oxidation sites excluding steroid dienone is 1. The minimum Gasteiger partial charge on any atom is -0.356 e. The van der Waals surface area contributed by atoms with Gasteiger partial charge in [0.1, 0.15) is 6.29 Å². The predicted molar refractivity (Wildman–Crippen MR) is 90.8 cm³/mol. The molecule has 0 aliphatic heterocycles. The average molecular weight is 322 g/mol. The van der Waals surface area contributed by atoms with Crippen molar-refractivity contribution in [3.8, 4) is 0 Å². The van der Waals surface area contributed by atoms with Gasteiger partial charge in [-0.1, -0.05) is 19.8 Å². The van der Waals surface area contributed by atoms with Crippen LogP contribution in [-0.2, 0) is 14.4 Å². The summed E-state index contributed by atoms with van der Waals surface area (Å²) in [6, 6.07) is 0. The molecule has 0 unspecified atom stereocenters. The van der Waals surface area contributed by atoms with Crippen LogP contribution in [0.1, 0.15) is 51.9 Å². The van der Waals surface area contributed by atoms with Crippen molar-refractivity contribution in [1.29, 1.82) is 0 Å². The number of carbonyl (C=O) groups is 3. The van der Waals surface area contributed by atoms with Crippen molar-refractivity contribution in [2.75, 3.05) is 20.1 Å². The molecule has 0 aromatic carbocycles. The molecule has 0 bridgehead atoms. The third-order valence-corrected chi connectivity index (χ3v) is 4.52. The van der Waals surface area contributed by atoms with Crippen molar-refractivity contribution < 1.29 is 14.4 Å². The lowest BCUT2D eigenvalue weighted by Gasteiger charge is -2.30. The summed E-state index contributed by atoms with van der Waals surface area (Å²) in [7, 11) is 1.75. The van der Waals surface area contributed by atoms with Gasteiger partial charge in [0.15, 0.2) is 0 Å². The highest BCUT2D eigenvalue weighted by atomic mass is 16.2. The summed E-state index contributed by atoms with van der Waals surface area (Å²) in [4.78, 5) is 35.7. The maximum absolute atomic E-state index is 12.1. The van der Waals surface area contributed by atoms with Gasteiger partial charge in [0, 0.05) is 32.1 Å². The van der Waals surface area contributed by atoms with Crippen molar-refractivity contribution in [3.63, 3.8) is 0 Å². The predicted octanol–water partition coefficient (Wildman–Crippen LogP) is 2.31. The van der Waals surface area contributed by atoms with Gasteiger partial charge in [0.05, 0.1) is 0 Å². The smallest absolute Gasteiger partial charge is 0.246 e. The molecule has 0 aromatic heterocycles. The van der Waals surface area contributed by atoms with Gasteiger partial charge in [-0.3, -0.25) is 14.4 Å². The number of likely N-dealkylation sites (N-methyl/N-ethyl adjacent to an activating group) is 1. The second-order valence-electron chi connectivity index (χ2n) is 6.43. The lowest BCUT2D eigenvalue weighted by molar-refractivity contribution is -0.128. The lowest BCUT2D eigenvalue weighted by Crippen LogP contribution is -2.36. The van der Waals surface area contributed by atoms with Crippen LogP contribution in [0.25, 0.3) is 0 Å². The Labute approximate surface area is 139 Å². The van der Waals surface area contributed by atoms with Crippen LogP contribution < -0.4 is 5.32 Å². The van der Waals surface area contributed by atoms with Crippen molar-refractivity contribution in [2.45, 2.75) is 51.9 Å². The summed E-state index contributed by atoms with van der Waals surface area (Å²) < 4.78 is 0. The second kappa shape index (κ2) is 11.0. The first-order valence-electron chi connectivity index (χ1n) is 8.73. The van der Waals surface area contributed by atoms with E-state index < -0.39 is 0 Å². The summed E-state index contributed by atoms with van der Waals surface area (Å²) in [6.45, 7) is 3.62. The summed E-state index contributed by atoms with van der Waals surface area (Å²) in [5.41, 5.74) is 0. The fourth-order valence-corrected chi connectivity index (χ4v) is 3.06. The van der Waals surface area contributed by atoms with E-state index in [-0.39, 0.29) is 17.7 Å². The van der Waals surface area contributed by atoms with Gasteiger partial charge in [-0.15, -0.1) is 0 Å². The highest BCUT2D eigenvalue weighted by Gasteiger charge is 2.27. The highest BCUT2D eigenvalue weighted by Crippen LogP contribution is 2.29. The Morgan fingerprint density at radius 2 is 1.87 bits per heavy atom. The lowest BCUT2D eigenvalue weighted by atomic mass is 9.81. The zero-order chi connectivity index (χ0) is 17.1. The van der Waals surface area contributed by atoms with Gasteiger partial charge in [-0.05, 0) is 44.1 Å². The zero-order valence-electron chi connectivity index (χ0n) is 14.4. The topological polar surface area (TPSA) is 66.5 Å². The van der Waals surface area contributed by atoms with E-state index in [1.54, 1.807) is 11.9 Å². The van der Waals surface area contributed by atoms with E-state index in [0.29, 0.717) is 18.7 Å². The number of hydrogen-bond acceptors (Lipinski definition) is 3. The molecule has 0 atom stereocenters. The highest BCUT2D eigenvalue weighted by molar-refractivity contribution is 5.90. The van der Waals surface area contributed by atoms with Crippen molar-refractivity contribution in [1.82, 2.24) is 10.2 Å². The van der Waals surface area contributed by atoms with E-state index in [0.717, 1.165) is 51.5 Å². The molecule has 1 rings (SSSR count). The van der Waals surface area contributed by atoms with E-state index in [9.17, 15) is 14.4 Å². The van der Waals surface area contributed by atoms with Crippen LogP contribution >= 0.6 is 0 Å². The fraction of sp³-hybridized carbons (Fsp3) is 0.722. The van der Waals surface area contributed by atoms with Crippen LogP contribution in [0.5, 0.6) is 0 Å². The monoisotopic (exact) mass is 322 g/mol. The Bertz CT molecular complexity index is 412. The molecule has 1 N–H and O–H groups in total. The molecular weight excluding hydrogens is 292 g/mol. The first-order valence-corrected chi connectivity index (χ1v) is 8.73. The van der Waals surface area contributed by atoms with Crippen LogP contribution in [0.2, 0.25) is 0 Å². The third kappa shape index (κ3) is 7.44. The van der Waals surface area contributed by atoms with Crippen LogP contribution in [0.15, 0.2) is 12.2 Å². The summed E-state index contributed by atoms with van der Waals surface area (Å²) in [5, 5.41) is 3.04. The van der Waals surface area contributed by atoms with E-state index in [1.165, 1.54) is 12.2 Å². The number of hydrogen-bond donors (Lipinski definition) is 1. The molecule has 0 spiro atoms. The molecule has 23 heavy (non-hydrogen) atoms. The Morgan fingerprint density at radius 3 is 2.48 bits per heavy atom. The van der Waals surface area contributed by atoms with Crippen LogP contribution in [0.3, 0.4) is 0 Å². The average Bonchev–Trinajstić information content (AvgIpc) is 2.57. The van der Waals surface area contributed by atoms with E-state index in [2.05, 4.69) is 12.2 Å². The SMILES string of the molecule is CCCCCNC(=O)C1CCC(CN(C)C(=O)/C=C\C=O)CC1. The minimum absolute atomic E-state index is 0.129. The quantitative estimate of drug-likeness (QED) is 0.402.